The normalized spacial score (nSPS) is 14.3. The standard InChI is InChI=1S/C27H38N6O4.C6H12O/c1-9-37-25-18(3)17(2)24-29-32(26(28-7)33(24)30-25)16-22(34)19-14-20(27(4,5)6)23(35-8)21(15-19)31-10-12-36-13-11-31;1-5(7)6(2,3)4/h14-15H,9-13,16H2,1-8H3;7H,1H2,2-4H3. The first-order chi connectivity index (χ1) is 20.5. The van der Waals surface area contributed by atoms with Crippen molar-refractivity contribution in [3.8, 4) is 11.6 Å². The Morgan fingerprint density at radius 2 is 1.70 bits per heavy atom. The minimum absolute atomic E-state index is 0.0248. The Balaban J connectivity index is 0.000000676. The van der Waals surface area contributed by atoms with E-state index in [1.54, 1.807) is 23.4 Å². The van der Waals surface area contributed by atoms with Crippen molar-refractivity contribution < 1.29 is 24.1 Å². The zero-order valence-corrected chi connectivity index (χ0v) is 28.4. The van der Waals surface area contributed by atoms with Crippen LogP contribution in [-0.4, -0.2) is 77.4 Å². The molecule has 3 heterocycles. The molecule has 1 aromatic carbocycles. The largest absolute Gasteiger partial charge is 0.512 e. The number of anilines is 1. The molecule has 1 N–H and O–H groups in total. The number of Topliss-reactive ketones (excluding diaryl/α,β-unsaturated/α-hetero) is 1. The highest BCUT2D eigenvalue weighted by atomic mass is 16.5. The summed E-state index contributed by atoms with van der Waals surface area (Å²) in [6, 6.07) is 3.88. The number of methoxy groups -OCH3 is 1. The molecule has 44 heavy (non-hydrogen) atoms. The lowest BCUT2D eigenvalue weighted by atomic mass is 9.84. The van der Waals surface area contributed by atoms with Crippen molar-refractivity contribution in [2.75, 3.05) is 52.0 Å². The maximum absolute atomic E-state index is 13.8. The minimum atomic E-state index is -0.225. The summed E-state index contributed by atoms with van der Waals surface area (Å²) in [5.74, 6) is 1.51. The van der Waals surface area contributed by atoms with E-state index in [4.69, 9.17) is 24.4 Å². The van der Waals surface area contributed by atoms with Crippen molar-refractivity contribution in [2.45, 2.75) is 74.3 Å². The molecule has 1 aliphatic heterocycles. The Morgan fingerprint density at radius 3 is 2.20 bits per heavy atom. The van der Waals surface area contributed by atoms with Crippen molar-refractivity contribution in [3.63, 3.8) is 0 Å². The fourth-order valence-electron chi connectivity index (χ4n) is 4.63. The molecule has 11 nitrogen and oxygen atoms in total. The van der Waals surface area contributed by atoms with Crippen LogP contribution in [0.15, 0.2) is 29.5 Å². The molecule has 0 atom stereocenters. The summed E-state index contributed by atoms with van der Waals surface area (Å²) >= 11 is 0. The number of carbonyl (C=O) groups excluding carboxylic acids is 1. The van der Waals surface area contributed by atoms with E-state index in [2.05, 4.69) is 42.3 Å². The van der Waals surface area contributed by atoms with Gasteiger partial charge < -0.3 is 24.2 Å². The molecule has 1 saturated heterocycles. The van der Waals surface area contributed by atoms with Gasteiger partial charge in [0.05, 0.1) is 38.4 Å². The Bertz CT molecular complexity index is 1570. The predicted octanol–water partition coefficient (Wildman–Crippen LogP) is 5.21. The molecule has 1 aliphatic rings. The molecule has 0 radical (unpaired) electrons. The summed E-state index contributed by atoms with van der Waals surface area (Å²) in [6.07, 6.45) is 0. The molecule has 0 aliphatic carbocycles. The van der Waals surface area contributed by atoms with Crippen LogP contribution in [0.2, 0.25) is 0 Å². The lowest BCUT2D eigenvalue weighted by Gasteiger charge is -2.33. The van der Waals surface area contributed by atoms with Crippen LogP contribution in [0.3, 0.4) is 0 Å². The van der Waals surface area contributed by atoms with Crippen molar-refractivity contribution in [2.24, 2.45) is 10.4 Å². The maximum Gasteiger partial charge on any atom is 0.245 e. The van der Waals surface area contributed by atoms with Gasteiger partial charge in [-0.3, -0.25) is 9.79 Å². The summed E-state index contributed by atoms with van der Waals surface area (Å²) in [5.41, 5.74) is 5.11. The Hall–Kier alpha value is -3.86. The third kappa shape index (κ3) is 7.61. The van der Waals surface area contributed by atoms with E-state index < -0.39 is 0 Å². The van der Waals surface area contributed by atoms with Gasteiger partial charge in [-0.1, -0.05) is 48.1 Å². The number of rotatable bonds is 7. The highest BCUT2D eigenvalue weighted by Gasteiger charge is 2.27. The van der Waals surface area contributed by atoms with Gasteiger partial charge in [0.2, 0.25) is 11.5 Å². The first-order valence-corrected chi connectivity index (χ1v) is 15.0. The summed E-state index contributed by atoms with van der Waals surface area (Å²) in [4.78, 5) is 20.4. The molecule has 0 unspecified atom stereocenters. The lowest BCUT2D eigenvalue weighted by Crippen LogP contribution is -2.37. The van der Waals surface area contributed by atoms with E-state index in [-0.39, 0.29) is 28.9 Å². The highest BCUT2D eigenvalue weighted by molar-refractivity contribution is 5.97. The second-order valence-corrected chi connectivity index (χ2v) is 13.0. The van der Waals surface area contributed by atoms with Gasteiger partial charge in [0, 0.05) is 47.8 Å². The van der Waals surface area contributed by atoms with Gasteiger partial charge in [-0.15, -0.1) is 10.2 Å². The third-order valence-corrected chi connectivity index (χ3v) is 7.64. The molecule has 0 spiro atoms. The zero-order chi connectivity index (χ0) is 33.0. The van der Waals surface area contributed by atoms with Crippen LogP contribution in [0, 0.1) is 19.3 Å². The second-order valence-electron chi connectivity index (χ2n) is 13.0. The first-order valence-electron chi connectivity index (χ1n) is 15.0. The van der Waals surface area contributed by atoms with Gasteiger partial charge in [0.15, 0.2) is 11.4 Å². The number of aliphatic hydroxyl groups excluding tert-OH is 1. The van der Waals surface area contributed by atoms with E-state index in [0.29, 0.717) is 42.5 Å². The number of aryl methyl sites for hydroxylation is 1. The van der Waals surface area contributed by atoms with Crippen LogP contribution < -0.4 is 20.0 Å². The fraction of sp³-hybridized carbons (Fsp3) is 0.576. The van der Waals surface area contributed by atoms with Gasteiger partial charge in [-0.05, 0) is 38.3 Å². The average molecular weight is 611 g/mol. The van der Waals surface area contributed by atoms with Crippen LogP contribution in [0.4, 0.5) is 5.69 Å². The number of hydrogen-bond acceptors (Lipinski definition) is 9. The smallest absolute Gasteiger partial charge is 0.245 e. The van der Waals surface area contributed by atoms with Gasteiger partial charge in [0.1, 0.15) is 12.3 Å². The molecule has 3 aromatic rings. The van der Waals surface area contributed by atoms with Gasteiger partial charge in [0.25, 0.3) is 0 Å². The van der Waals surface area contributed by atoms with Gasteiger partial charge in [-0.25, -0.2) is 4.68 Å². The molecule has 4 rings (SSSR count). The van der Waals surface area contributed by atoms with Crippen molar-refractivity contribution in [1.29, 1.82) is 0 Å². The zero-order valence-electron chi connectivity index (χ0n) is 28.4. The number of aliphatic hydroxyl groups is 1. The van der Waals surface area contributed by atoms with Crippen LogP contribution in [0.1, 0.15) is 75.5 Å². The fourth-order valence-corrected chi connectivity index (χ4v) is 4.63. The number of aromatic nitrogens is 4. The summed E-state index contributed by atoms with van der Waals surface area (Å²) in [6.45, 7) is 24.6. The number of hydrogen-bond donors (Lipinski definition) is 1. The molecular formula is C33H50N6O5. The summed E-state index contributed by atoms with van der Waals surface area (Å²) in [5, 5.41) is 18.0. The molecule has 1 fully saturated rings. The number of fused-ring (bicyclic) bond motifs is 1. The second kappa shape index (κ2) is 13.8. The van der Waals surface area contributed by atoms with Crippen molar-refractivity contribution in [3.05, 3.63) is 52.3 Å². The lowest BCUT2D eigenvalue weighted by molar-refractivity contribution is 0.0965. The highest BCUT2D eigenvalue weighted by Crippen LogP contribution is 2.40. The maximum atomic E-state index is 13.8. The molecular weight excluding hydrogens is 560 g/mol. The molecule has 0 saturated carbocycles. The Kier molecular flexibility index (Phi) is 10.9. The molecule has 242 valence electrons. The molecule has 0 bridgehead atoms. The monoisotopic (exact) mass is 610 g/mol. The summed E-state index contributed by atoms with van der Waals surface area (Å²) < 4.78 is 20.4. The van der Waals surface area contributed by atoms with Crippen molar-refractivity contribution in [1.82, 2.24) is 19.4 Å². The predicted molar refractivity (Wildman–Crippen MR) is 173 cm³/mol. The summed E-state index contributed by atoms with van der Waals surface area (Å²) in [7, 11) is 3.36. The minimum Gasteiger partial charge on any atom is -0.512 e. The number of allylic oxidation sites excluding steroid dienone is 1. The van der Waals surface area contributed by atoms with E-state index in [1.807, 2.05) is 53.7 Å². The molecule has 0 amide bonds. The number of carbonyl (C=O) groups is 1. The molecule has 2 aromatic heterocycles. The Labute approximate surface area is 261 Å². The topological polar surface area (TPSA) is 116 Å². The SMILES string of the molecule is C=C(O)C(C)(C)C.CCOc1nn2c(=NC)n(CC(=O)c3cc(N4CCOCC4)c(OC)c(C(C)(C)C)c3)nc2c(C)c1C. The third-order valence-electron chi connectivity index (χ3n) is 7.64. The van der Waals surface area contributed by atoms with E-state index in [0.717, 1.165) is 41.2 Å². The van der Waals surface area contributed by atoms with Crippen LogP contribution in [0.25, 0.3) is 5.65 Å². The van der Waals surface area contributed by atoms with E-state index in [9.17, 15) is 4.79 Å². The van der Waals surface area contributed by atoms with E-state index in [1.165, 1.54) is 0 Å². The van der Waals surface area contributed by atoms with Crippen molar-refractivity contribution >= 4 is 17.1 Å². The van der Waals surface area contributed by atoms with E-state index >= 15 is 0 Å². The number of ketones is 1. The number of ether oxygens (including phenoxy) is 3. The first kappa shape index (κ1) is 34.6. The quantitative estimate of drug-likeness (QED) is 0.287. The number of morpholine rings is 1. The van der Waals surface area contributed by atoms with Crippen LogP contribution in [-0.2, 0) is 16.7 Å². The van der Waals surface area contributed by atoms with Crippen LogP contribution >= 0.6 is 0 Å². The molecule has 11 heteroatoms. The van der Waals surface area contributed by atoms with Gasteiger partial charge in [-0.2, -0.15) is 4.52 Å². The number of benzene rings is 1. The average Bonchev–Trinajstić information content (AvgIpc) is 3.31. The Morgan fingerprint density at radius 1 is 1.09 bits per heavy atom. The van der Waals surface area contributed by atoms with Crippen LogP contribution in [0.5, 0.6) is 11.6 Å². The number of nitrogens with zero attached hydrogens (tertiary/aromatic N) is 6. The van der Waals surface area contributed by atoms with Gasteiger partial charge >= 0.3 is 0 Å².